The van der Waals surface area contributed by atoms with Gasteiger partial charge in [-0.1, -0.05) is 0 Å². The molecule has 0 aromatic carbocycles. The van der Waals surface area contributed by atoms with Crippen LogP contribution in [0.5, 0.6) is 0 Å². The fraction of sp³-hybridized carbons (Fsp3) is 0.875. The molecule has 1 N–H and O–H groups in total. The second-order valence-electron chi connectivity index (χ2n) is 3.32. The highest BCUT2D eigenvalue weighted by Gasteiger charge is 2.29. The van der Waals surface area contributed by atoms with Gasteiger partial charge < -0.3 is 10.2 Å². The van der Waals surface area contributed by atoms with Crippen molar-refractivity contribution in [3.05, 3.63) is 0 Å². The van der Waals surface area contributed by atoms with Crippen LogP contribution in [0.2, 0.25) is 0 Å². The molecule has 0 aliphatic carbocycles. The Bertz CT molecular complexity index is 158. The molecule has 0 aromatic heterocycles. The maximum absolute atomic E-state index is 11.1. The molecule has 1 heterocycles. The topological polar surface area (TPSA) is 32.3 Å². The fourth-order valence-corrected chi connectivity index (χ4v) is 1.47. The zero-order chi connectivity index (χ0) is 8.43. The Labute approximate surface area is 67.8 Å². The lowest BCUT2D eigenvalue weighted by molar-refractivity contribution is -0.126. The van der Waals surface area contributed by atoms with Gasteiger partial charge in [0.1, 0.15) is 0 Å². The molecule has 1 aliphatic heterocycles. The molecule has 0 radical (unpaired) electrons. The first-order valence-corrected chi connectivity index (χ1v) is 4.06. The molecule has 11 heavy (non-hydrogen) atoms. The third kappa shape index (κ3) is 1.71. The lowest BCUT2D eigenvalue weighted by Gasteiger charge is -2.17. The predicted molar refractivity (Wildman–Crippen MR) is 44.3 cm³/mol. The second kappa shape index (κ2) is 3.22. The standard InChI is InChI=1S/C8H16N2O/c1-6(9-2)7-4-8(11)10(3)5-7/h6-7,9H,4-5H2,1-3H3. The summed E-state index contributed by atoms with van der Waals surface area (Å²) in [5, 5.41) is 3.17. The molecule has 1 fully saturated rings. The summed E-state index contributed by atoms with van der Waals surface area (Å²) < 4.78 is 0. The molecule has 0 aromatic rings. The summed E-state index contributed by atoms with van der Waals surface area (Å²) in [4.78, 5) is 12.9. The molecule has 1 amide bonds. The summed E-state index contributed by atoms with van der Waals surface area (Å²) >= 11 is 0. The van der Waals surface area contributed by atoms with Gasteiger partial charge in [0.15, 0.2) is 0 Å². The second-order valence-corrected chi connectivity index (χ2v) is 3.32. The minimum Gasteiger partial charge on any atom is -0.345 e. The van der Waals surface area contributed by atoms with Crippen molar-refractivity contribution in [1.82, 2.24) is 10.2 Å². The molecule has 3 nitrogen and oxygen atoms in total. The Morgan fingerprint density at radius 2 is 2.36 bits per heavy atom. The lowest BCUT2D eigenvalue weighted by Crippen LogP contribution is -2.31. The summed E-state index contributed by atoms with van der Waals surface area (Å²) in [5.74, 6) is 0.773. The van der Waals surface area contributed by atoms with Crippen LogP contribution in [0, 0.1) is 5.92 Å². The van der Waals surface area contributed by atoms with E-state index in [2.05, 4.69) is 12.2 Å². The number of nitrogens with one attached hydrogen (secondary N) is 1. The van der Waals surface area contributed by atoms with Crippen LogP contribution >= 0.6 is 0 Å². The first-order chi connectivity index (χ1) is 5.15. The number of likely N-dealkylation sites (tertiary alicyclic amines) is 1. The van der Waals surface area contributed by atoms with E-state index in [4.69, 9.17) is 0 Å². The summed E-state index contributed by atoms with van der Waals surface area (Å²) in [6, 6.07) is 0.448. The molecule has 64 valence electrons. The number of hydrogen-bond acceptors (Lipinski definition) is 2. The Morgan fingerprint density at radius 1 is 1.73 bits per heavy atom. The minimum absolute atomic E-state index is 0.275. The summed E-state index contributed by atoms with van der Waals surface area (Å²) in [6.07, 6.45) is 0.707. The van der Waals surface area contributed by atoms with E-state index < -0.39 is 0 Å². The van der Waals surface area contributed by atoms with E-state index in [0.29, 0.717) is 18.4 Å². The van der Waals surface area contributed by atoms with Crippen molar-refractivity contribution >= 4 is 5.91 Å². The van der Waals surface area contributed by atoms with E-state index in [0.717, 1.165) is 6.54 Å². The summed E-state index contributed by atoms with van der Waals surface area (Å²) in [7, 11) is 3.80. The largest absolute Gasteiger partial charge is 0.345 e. The Kier molecular flexibility index (Phi) is 2.49. The molecular formula is C8H16N2O. The summed E-state index contributed by atoms with van der Waals surface area (Å²) in [5.41, 5.74) is 0. The monoisotopic (exact) mass is 156 g/mol. The highest BCUT2D eigenvalue weighted by Crippen LogP contribution is 2.18. The fourth-order valence-electron chi connectivity index (χ4n) is 1.47. The average molecular weight is 156 g/mol. The van der Waals surface area contributed by atoms with Gasteiger partial charge in [-0.05, 0) is 14.0 Å². The van der Waals surface area contributed by atoms with Crippen LogP contribution in [0.15, 0.2) is 0 Å². The van der Waals surface area contributed by atoms with Crippen molar-refractivity contribution in [2.75, 3.05) is 20.6 Å². The molecule has 1 aliphatic rings. The van der Waals surface area contributed by atoms with Gasteiger partial charge in [-0.2, -0.15) is 0 Å². The SMILES string of the molecule is CNC(C)C1CC(=O)N(C)C1. The molecule has 1 rings (SSSR count). The molecule has 0 saturated carbocycles. The van der Waals surface area contributed by atoms with E-state index in [1.807, 2.05) is 14.1 Å². The van der Waals surface area contributed by atoms with Crippen molar-refractivity contribution in [2.45, 2.75) is 19.4 Å². The number of amides is 1. The van der Waals surface area contributed by atoms with Crippen molar-refractivity contribution in [2.24, 2.45) is 5.92 Å². The maximum atomic E-state index is 11.1. The predicted octanol–water partition coefficient (Wildman–Crippen LogP) is 0.0726. The van der Waals surface area contributed by atoms with Crippen LogP contribution in [0.4, 0.5) is 0 Å². The number of nitrogens with zero attached hydrogens (tertiary/aromatic N) is 1. The Balaban J connectivity index is 2.46. The molecule has 2 atom stereocenters. The third-order valence-electron chi connectivity index (χ3n) is 2.53. The van der Waals surface area contributed by atoms with Gasteiger partial charge in [0.2, 0.25) is 5.91 Å². The molecule has 1 saturated heterocycles. The smallest absolute Gasteiger partial charge is 0.222 e. The van der Waals surface area contributed by atoms with E-state index in [-0.39, 0.29) is 5.91 Å². The van der Waals surface area contributed by atoms with Gasteiger partial charge in [0, 0.05) is 32.0 Å². The number of hydrogen-bond donors (Lipinski definition) is 1. The van der Waals surface area contributed by atoms with Gasteiger partial charge in [0.05, 0.1) is 0 Å². The van der Waals surface area contributed by atoms with Gasteiger partial charge in [-0.15, -0.1) is 0 Å². The van der Waals surface area contributed by atoms with Crippen molar-refractivity contribution in [3.63, 3.8) is 0 Å². The third-order valence-corrected chi connectivity index (χ3v) is 2.53. The summed E-state index contributed by atoms with van der Waals surface area (Å²) in [6.45, 7) is 3.03. The molecule has 3 heteroatoms. The Hall–Kier alpha value is -0.570. The van der Waals surface area contributed by atoms with E-state index in [9.17, 15) is 4.79 Å². The van der Waals surface area contributed by atoms with Gasteiger partial charge >= 0.3 is 0 Å². The zero-order valence-corrected chi connectivity index (χ0v) is 7.42. The number of rotatable bonds is 2. The van der Waals surface area contributed by atoms with Crippen molar-refractivity contribution < 1.29 is 4.79 Å². The maximum Gasteiger partial charge on any atom is 0.222 e. The van der Waals surface area contributed by atoms with Crippen LogP contribution < -0.4 is 5.32 Å². The van der Waals surface area contributed by atoms with Gasteiger partial charge in [0.25, 0.3) is 0 Å². The van der Waals surface area contributed by atoms with E-state index in [1.54, 1.807) is 4.90 Å². The molecular weight excluding hydrogens is 140 g/mol. The molecule has 0 bridgehead atoms. The molecule has 2 unspecified atom stereocenters. The quantitative estimate of drug-likeness (QED) is 0.613. The van der Waals surface area contributed by atoms with Crippen LogP contribution in [0.3, 0.4) is 0 Å². The minimum atomic E-state index is 0.275. The molecule has 0 spiro atoms. The highest BCUT2D eigenvalue weighted by atomic mass is 16.2. The van der Waals surface area contributed by atoms with Gasteiger partial charge in [-0.25, -0.2) is 0 Å². The van der Waals surface area contributed by atoms with Crippen LogP contribution in [-0.4, -0.2) is 37.5 Å². The average Bonchev–Trinajstić information content (AvgIpc) is 2.31. The van der Waals surface area contributed by atoms with Crippen LogP contribution in [0.1, 0.15) is 13.3 Å². The lowest BCUT2D eigenvalue weighted by atomic mass is 10.0. The van der Waals surface area contributed by atoms with Crippen molar-refractivity contribution in [1.29, 1.82) is 0 Å². The normalized spacial score (nSPS) is 27.7. The first kappa shape index (κ1) is 8.53. The zero-order valence-electron chi connectivity index (χ0n) is 7.42. The Morgan fingerprint density at radius 3 is 2.73 bits per heavy atom. The van der Waals surface area contributed by atoms with Crippen LogP contribution in [0.25, 0.3) is 0 Å². The van der Waals surface area contributed by atoms with Crippen molar-refractivity contribution in [3.8, 4) is 0 Å². The van der Waals surface area contributed by atoms with Gasteiger partial charge in [-0.3, -0.25) is 4.79 Å². The van der Waals surface area contributed by atoms with E-state index in [1.165, 1.54) is 0 Å². The first-order valence-electron chi connectivity index (χ1n) is 4.06. The number of carbonyl (C=O) groups excluding carboxylic acids is 1. The highest BCUT2D eigenvalue weighted by molar-refractivity contribution is 5.78. The van der Waals surface area contributed by atoms with E-state index >= 15 is 0 Å². The van der Waals surface area contributed by atoms with Crippen LogP contribution in [-0.2, 0) is 4.79 Å². The number of carbonyl (C=O) groups is 1.